The summed E-state index contributed by atoms with van der Waals surface area (Å²) in [6, 6.07) is 6.39. The molecule has 0 atom stereocenters. The standard InChI is InChI=1S/C21H32N2O2/c1-4-17-11-10-12-18(5-2)21(17)23(16(3)24)15-20(25)22-19-13-8-6-7-9-14-19/h10-12,19H,4-9,13-15H2,1-3H3,(H,22,25). The first-order valence-corrected chi connectivity index (χ1v) is 9.75. The third-order valence-electron chi connectivity index (χ3n) is 5.14. The summed E-state index contributed by atoms with van der Waals surface area (Å²) in [6.07, 6.45) is 8.68. The van der Waals surface area contributed by atoms with E-state index in [9.17, 15) is 9.59 Å². The fourth-order valence-electron chi connectivity index (χ4n) is 3.75. The Hall–Kier alpha value is -1.84. The largest absolute Gasteiger partial charge is 0.352 e. The third-order valence-corrected chi connectivity index (χ3v) is 5.14. The van der Waals surface area contributed by atoms with Gasteiger partial charge in [0, 0.05) is 13.0 Å². The molecule has 0 radical (unpaired) electrons. The summed E-state index contributed by atoms with van der Waals surface area (Å²) in [6.45, 7) is 5.82. The number of nitrogens with zero attached hydrogens (tertiary/aromatic N) is 1. The van der Waals surface area contributed by atoms with Crippen molar-refractivity contribution < 1.29 is 9.59 Å². The Balaban J connectivity index is 2.16. The van der Waals surface area contributed by atoms with Crippen molar-refractivity contribution in [2.24, 2.45) is 0 Å². The second-order valence-electron chi connectivity index (χ2n) is 6.99. The minimum atomic E-state index is -0.0772. The lowest BCUT2D eigenvalue weighted by Gasteiger charge is -2.27. The van der Waals surface area contributed by atoms with Crippen LogP contribution in [0.15, 0.2) is 18.2 Å². The lowest BCUT2D eigenvalue weighted by molar-refractivity contribution is -0.123. The van der Waals surface area contributed by atoms with Crippen molar-refractivity contribution in [2.45, 2.75) is 78.2 Å². The Bertz CT molecular complexity index is 567. The van der Waals surface area contributed by atoms with E-state index in [0.717, 1.165) is 42.5 Å². The molecule has 2 rings (SSSR count). The van der Waals surface area contributed by atoms with Gasteiger partial charge < -0.3 is 10.2 Å². The first kappa shape index (κ1) is 19.5. The third kappa shape index (κ3) is 5.32. The number of hydrogen-bond donors (Lipinski definition) is 1. The molecule has 138 valence electrons. The zero-order chi connectivity index (χ0) is 18.2. The minimum Gasteiger partial charge on any atom is -0.352 e. The van der Waals surface area contributed by atoms with Gasteiger partial charge in [-0.15, -0.1) is 0 Å². The summed E-state index contributed by atoms with van der Waals surface area (Å²) < 4.78 is 0. The molecule has 25 heavy (non-hydrogen) atoms. The molecule has 1 aliphatic carbocycles. The van der Waals surface area contributed by atoms with E-state index in [-0.39, 0.29) is 24.4 Å². The van der Waals surface area contributed by atoms with E-state index >= 15 is 0 Å². The molecule has 0 unspecified atom stereocenters. The molecule has 0 spiro atoms. The quantitative estimate of drug-likeness (QED) is 0.793. The number of amides is 2. The van der Waals surface area contributed by atoms with Gasteiger partial charge in [-0.05, 0) is 36.8 Å². The predicted octanol–water partition coefficient (Wildman–Crippen LogP) is 4.00. The zero-order valence-corrected chi connectivity index (χ0v) is 15.9. The minimum absolute atomic E-state index is 0.0462. The molecule has 0 heterocycles. The monoisotopic (exact) mass is 344 g/mol. The highest BCUT2D eigenvalue weighted by molar-refractivity contribution is 5.98. The molecule has 0 aromatic heterocycles. The van der Waals surface area contributed by atoms with Crippen LogP contribution in [0.25, 0.3) is 0 Å². The highest BCUT2D eigenvalue weighted by Gasteiger charge is 2.22. The Labute approximate surface area is 152 Å². The van der Waals surface area contributed by atoms with Crippen LogP contribution in [0.4, 0.5) is 5.69 Å². The number of para-hydroxylation sites is 1. The zero-order valence-electron chi connectivity index (χ0n) is 15.9. The topological polar surface area (TPSA) is 49.4 Å². The van der Waals surface area contributed by atoms with Crippen LogP contribution in [0.3, 0.4) is 0 Å². The van der Waals surface area contributed by atoms with Crippen molar-refractivity contribution in [3.63, 3.8) is 0 Å². The average Bonchev–Trinajstić information content (AvgIpc) is 2.87. The second-order valence-corrected chi connectivity index (χ2v) is 6.99. The Kier molecular flexibility index (Phi) is 7.48. The van der Waals surface area contributed by atoms with Crippen LogP contribution in [0.5, 0.6) is 0 Å². The number of nitrogens with one attached hydrogen (secondary N) is 1. The molecular formula is C21H32N2O2. The van der Waals surface area contributed by atoms with Gasteiger partial charge in [0.05, 0.1) is 5.69 Å². The maximum absolute atomic E-state index is 12.6. The molecule has 2 amide bonds. The van der Waals surface area contributed by atoms with Gasteiger partial charge in [0.1, 0.15) is 6.54 Å². The molecule has 1 fully saturated rings. The van der Waals surface area contributed by atoms with Crippen molar-refractivity contribution in [2.75, 3.05) is 11.4 Å². The van der Waals surface area contributed by atoms with Gasteiger partial charge >= 0.3 is 0 Å². The normalized spacial score (nSPS) is 15.5. The van der Waals surface area contributed by atoms with Crippen molar-refractivity contribution in [3.05, 3.63) is 29.3 Å². The van der Waals surface area contributed by atoms with Crippen LogP contribution in [-0.4, -0.2) is 24.4 Å². The molecule has 4 nitrogen and oxygen atoms in total. The van der Waals surface area contributed by atoms with Gasteiger partial charge in [0.25, 0.3) is 0 Å². The lowest BCUT2D eigenvalue weighted by atomic mass is 10.0. The van der Waals surface area contributed by atoms with E-state index in [4.69, 9.17) is 0 Å². The van der Waals surface area contributed by atoms with E-state index in [1.807, 2.05) is 18.2 Å². The van der Waals surface area contributed by atoms with Crippen LogP contribution in [0.1, 0.15) is 70.4 Å². The Morgan fingerprint density at radius 3 is 2.08 bits per heavy atom. The number of hydrogen-bond acceptors (Lipinski definition) is 2. The smallest absolute Gasteiger partial charge is 0.240 e. The van der Waals surface area contributed by atoms with Crippen LogP contribution < -0.4 is 10.2 Å². The maximum atomic E-state index is 12.6. The fraction of sp³-hybridized carbons (Fsp3) is 0.619. The van der Waals surface area contributed by atoms with Gasteiger partial charge in [-0.1, -0.05) is 57.7 Å². The van der Waals surface area contributed by atoms with E-state index in [2.05, 4.69) is 19.2 Å². The maximum Gasteiger partial charge on any atom is 0.240 e. The Morgan fingerprint density at radius 1 is 1.04 bits per heavy atom. The Morgan fingerprint density at radius 2 is 1.60 bits per heavy atom. The molecule has 1 aliphatic rings. The van der Waals surface area contributed by atoms with Gasteiger partial charge in [-0.25, -0.2) is 0 Å². The second kappa shape index (κ2) is 9.59. The van der Waals surface area contributed by atoms with Gasteiger partial charge in [0.15, 0.2) is 0 Å². The molecule has 0 saturated heterocycles. The molecule has 0 bridgehead atoms. The highest BCUT2D eigenvalue weighted by Crippen LogP contribution is 2.27. The van der Waals surface area contributed by atoms with Crippen LogP contribution in [0, 0.1) is 0 Å². The van der Waals surface area contributed by atoms with E-state index in [1.165, 1.54) is 25.7 Å². The van der Waals surface area contributed by atoms with Crippen LogP contribution >= 0.6 is 0 Å². The van der Waals surface area contributed by atoms with E-state index < -0.39 is 0 Å². The number of anilines is 1. The summed E-state index contributed by atoms with van der Waals surface area (Å²) in [4.78, 5) is 26.6. The molecule has 4 heteroatoms. The SMILES string of the molecule is CCc1cccc(CC)c1N(CC(=O)NC1CCCCCC1)C(C)=O. The lowest BCUT2D eigenvalue weighted by Crippen LogP contribution is -2.44. The number of carbonyl (C=O) groups excluding carboxylic acids is 2. The van der Waals surface area contributed by atoms with Crippen molar-refractivity contribution in [1.29, 1.82) is 0 Å². The number of rotatable bonds is 6. The summed E-state index contributed by atoms with van der Waals surface area (Å²) in [5.41, 5.74) is 3.17. The number of aryl methyl sites for hydroxylation is 2. The van der Waals surface area contributed by atoms with E-state index in [1.54, 1.807) is 11.8 Å². The molecule has 1 saturated carbocycles. The molecule has 1 aromatic rings. The fourth-order valence-corrected chi connectivity index (χ4v) is 3.75. The van der Waals surface area contributed by atoms with Crippen molar-refractivity contribution in [1.82, 2.24) is 5.32 Å². The molecule has 1 aromatic carbocycles. The number of benzene rings is 1. The summed E-state index contributed by atoms with van der Waals surface area (Å²) in [7, 11) is 0. The first-order chi connectivity index (χ1) is 12.1. The predicted molar refractivity (Wildman–Crippen MR) is 103 cm³/mol. The number of carbonyl (C=O) groups is 2. The first-order valence-electron chi connectivity index (χ1n) is 9.75. The van der Waals surface area contributed by atoms with Gasteiger partial charge in [-0.3, -0.25) is 9.59 Å². The molecule has 0 aliphatic heterocycles. The molecular weight excluding hydrogens is 312 g/mol. The van der Waals surface area contributed by atoms with Crippen molar-refractivity contribution >= 4 is 17.5 Å². The summed E-state index contributed by atoms with van der Waals surface area (Å²) >= 11 is 0. The highest BCUT2D eigenvalue weighted by atomic mass is 16.2. The van der Waals surface area contributed by atoms with Crippen LogP contribution in [-0.2, 0) is 22.4 Å². The van der Waals surface area contributed by atoms with Gasteiger partial charge in [-0.2, -0.15) is 0 Å². The summed E-state index contributed by atoms with van der Waals surface area (Å²) in [5.74, 6) is -0.123. The molecule has 1 N–H and O–H groups in total. The van der Waals surface area contributed by atoms with Crippen LogP contribution in [0.2, 0.25) is 0 Å². The average molecular weight is 344 g/mol. The van der Waals surface area contributed by atoms with Crippen molar-refractivity contribution in [3.8, 4) is 0 Å². The van der Waals surface area contributed by atoms with E-state index in [0.29, 0.717) is 0 Å². The van der Waals surface area contributed by atoms with Gasteiger partial charge in [0.2, 0.25) is 11.8 Å². The summed E-state index contributed by atoms with van der Waals surface area (Å²) in [5, 5.41) is 3.16.